The second kappa shape index (κ2) is 11.0. The van der Waals surface area contributed by atoms with E-state index in [1.165, 1.54) is 0 Å². The van der Waals surface area contributed by atoms with Crippen LogP contribution in [0.15, 0.2) is 30.3 Å². The SMILES string of the molecule is CCCC(=O)c1ccc(OCCC(C)(C)CCOc2cccc(C(=O)O)c2C)c(C)c1O. The minimum absolute atomic E-state index is 0.00688. The number of ketones is 1. The van der Waals surface area contributed by atoms with E-state index in [1.807, 2.05) is 6.92 Å². The number of phenols is 1. The Labute approximate surface area is 190 Å². The lowest BCUT2D eigenvalue weighted by Crippen LogP contribution is -2.19. The number of hydrogen-bond acceptors (Lipinski definition) is 5. The van der Waals surface area contributed by atoms with E-state index in [0.717, 1.165) is 19.3 Å². The standard InChI is InChI=1S/C26H34O6/c1-6-8-21(27)20-11-12-23(18(3)24(20)28)32-16-14-26(4,5)13-15-31-22-10-7-9-19(17(22)2)25(29)30/h7,9-12,28H,6,8,13-16H2,1-5H3,(H,29,30). The molecule has 0 atom stereocenters. The second-order valence-electron chi connectivity index (χ2n) is 8.85. The van der Waals surface area contributed by atoms with Crippen molar-refractivity contribution in [1.82, 2.24) is 0 Å². The van der Waals surface area contributed by atoms with Crippen molar-refractivity contribution in [2.45, 2.75) is 60.3 Å². The highest BCUT2D eigenvalue weighted by Gasteiger charge is 2.20. The number of aromatic carboxylic acids is 1. The van der Waals surface area contributed by atoms with Crippen LogP contribution in [0.4, 0.5) is 0 Å². The molecule has 2 rings (SSSR count). The first-order valence-electron chi connectivity index (χ1n) is 11.0. The number of aromatic hydroxyl groups is 1. The van der Waals surface area contributed by atoms with Gasteiger partial charge in [0, 0.05) is 17.5 Å². The predicted molar refractivity (Wildman–Crippen MR) is 124 cm³/mol. The van der Waals surface area contributed by atoms with Gasteiger partial charge < -0.3 is 19.7 Å². The molecule has 0 aromatic heterocycles. The lowest BCUT2D eigenvalue weighted by molar-refractivity contribution is 0.0695. The summed E-state index contributed by atoms with van der Waals surface area (Å²) in [6.45, 7) is 10.6. The first-order chi connectivity index (χ1) is 15.1. The second-order valence-corrected chi connectivity index (χ2v) is 8.85. The van der Waals surface area contributed by atoms with Crippen molar-refractivity contribution in [3.8, 4) is 17.2 Å². The fourth-order valence-electron chi connectivity index (χ4n) is 3.43. The third-order valence-electron chi connectivity index (χ3n) is 5.75. The highest BCUT2D eigenvalue weighted by atomic mass is 16.5. The van der Waals surface area contributed by atoms with Crippen molar-refractivity contribution in [3.63, 3.8) is 0 Å². The van der Waals surface area contributed by atoms with Crippen molar-refractivity contribution in [2.75, 3.05) is 13.2 Å². The maximum absolute atomic E-state index is 12.1. The molecule has 32 heavy (non-hydrogen) atoms. The molecule has 6 nitrogen and oxygen atoms in total. The quantitative estimate of drug-likeness (QED) is 0.394. The Hall–Kier alpha value is -3.02. The largest absolute Gasteiger partial charge is 0.507 e. The number of benzene rings is 2. The first-order valence-corrected chi connectivity index (χ1v) is 11.0. The summed E-state index contributed by atoms with van der Waals surface area (Å²) in [6.07, 6.45) is 2.67. The summed E-state index contributed by atoms with van der Waals surface area (Å²) in [5, 5.41) is 19.6. The summed E-state index contributed by atoms with van der Waals surface area (Å²) in [4.78, 5) is 23.4. The van der Waals surface area contributed by atoms with Gasteiger partial charge in [-0.2, -0.15) is 0 Å². The van der Waals surface area contributed by atoms with Crippen molar-refractivity contribution < 1.29 is 29.3 Å². The third-order valence-corrected chi connectivity index (χ3v) is 5.75. The molecule has 2 aromatic rings. The molecule has 0 heterocycles. The van der Waals surface area contributed by atoms with Crippen LogP contribution >= 0.6 is 0 Å². The Morgan fingerprint density at radius 2 is 1.50 bits per heavy atom. The Bertz CT molecular complexity index is 961. The molecule has 2 aromatic carbocycles. The van der Waals surface area contributed by atoms with Crippen LogP contribution in [-0.4, -0.2) is 35.2 Å². The molecule has 6 heteroatoms. The van der Waals surface area contributed by atoms with Crippen LogP contribution in [0.25, 0.3) is 0 Å². The van der Waals surface area contributed by atoms with Gasteiger partial charge in [0.1, 0.15) is 17.2 Å². The molecule has 0 aliphatic rings. The van der Waals surface area contributed by atoms with Crippen LogP contribution in [0, 0.1) is 19.3 Å². The number of carboxylic acid groups (broad SMARTS) is 1. The van der Waals surface area contributed by atoms with Crippen LogP contribution in [-0.2, 0) is 0 Å². The number of rotatable bonds is 12. The van der Waals surface area contributed by atoms with Gasteiger partial charge in [-0.05, 0) is 62.8 Å². The van der Waals surface area contributed by atoms with Gasteiger partial charge in [0.15, 0.2) is 5.78 Å². The Balaban J connectivity index is 1.89. The van der Waals surface area contributed by atoms with Gasteiger partial charge in [0.2, 0.25) is 0 Å². The number of phenolic OH excluding ortho intramolecular Hbond substituents is 1. The van der Waals surface area contributed by atoms with Gasteiger partial charge in [0.25, 0.3) is 0 Å². The summed E-state index contributed by atoms with van der Waals surface area (Å²) >= 11 is 0. The molecule has 174 valence electrons. The molecule has 0 bridgehead atoms. The average Bonchev–Trinajstić information content (AvgIpc) is 2.72. The van der Waals surface area contributed by atoms with Crippen molar-refractivity contribution in [1.29, 1.82) is 0 Å². The summed E-state index contributed by atoms with van der Waals surface area (Å²) in [5.74, 6) is 0.122. The van der Waals surface area contributed by atoms with E-state index in [0.29, 0.717) is 47.8 Å². The van der Waals surface area contributed by atoms with Gasteiger partial charge in [0.05, 0.1) is 24.3 Å². The van der Waals surface area contributed by atoms with Crippen LogP contribution in [0.5, 0.6) is 17.2 Å². The van der Waals surface area contributed by atoms with E-state index < -0.39 is 5.97 Å². The van der Waals surface area contributed by atoms with Gasteiger partial charge in [-0.25, -0.2) is 4.79 Å². The average molecular weight is 443 g/mol. The summed E-state index contributed by atoms with van der Waals surface area (Å²) in [6, 6.07) is 8.40. The highest BCUT2D eigenvalue weighted by Crippen LogP contribution is 2.33. The molecule has 0 saturated heterocycles. The van der Waals surface area contributed by atoms with E-state index in [-0.39, 0.29) is 22.5 Å². The Morgan fingerprint density at radius 1 is 0.906 bits per heavy atom. The number of carbonyl (C=O) groups excluding carboxylic acids is 1. The normalized spacial score (nSPS) is 11.3. The molecular weight excluding hydrogens is 408 g/mol. The number of carbonyl (C=O) groups is 2. The Morgan fingerprint density at radius 3 is 2.06 bits per heavy atom. The van der Waals surface area contributed by atoms with Gasteiger partial charge in [-0.3, -0.25) is 4.79 Å². The summed E-state index contributed by atoms with van der Waals surface area (Å²) in [5.41, 5.74) is 1.72. The number of ether oxygens (including phenoxy) is 2. The lowest BCUT2D eigenvalue weighted by Gasteiger charge is -2.25. The monoisotopic (exact) mass is 442 g/mol. The molecule has 0 fully saturated rings. The molecule has 0 saturated carbocycles. The van der Waals surface area contributed by atoms with Crippen molar-refractivity contribution in [2.24, 2.45) is 5.41 Å². The minimum Gasteiger partial charge on any atom is -0.507 e. The fourth-order valence-corrected chi connectivity index (χ4v) is 3.43. The van der Waals surface area contributed by atoms with Gasteiger partial charge >= 0.3 is 5.97 Å². The zero-order valence-electron chi connectivity index (χ0n) is 19.7. The minimum atomic E-state index is -0.963. The van der Waals surface area contributed by atoms with Gasteiger partial charge in [-0.1, -0.05) is 26.8 Å². The zero-order chi connectivity index (χ0) is 23.9. The zero-order valence-corrected chi connectivity index (χ0v) is 19.7. The van der Waals surface area contributed by atoms with Crippen LogP contribution in [0.2, 0.25) is 0 Å². The highest BCUT2D eigenvalue weighted by molar-refractivity contribution is 5.99. The number of carboxylic acids is 1. The molecule has 2 N–H and O–H groups in total. The molecule has 0 unspecified atom stereocenters. The van der Waals surface area contributed by atoms with E-state index >= 15 is 0 Å². The first kappa shape index (κ1) is 25.2. The molecule has 0 aliphatic heterocycles. The lowest BCUT2D eigenvalue weighted by atomic mass is 9.86. The van der Waals surface area contributed by atoms with Crippen molar-refractivity contribution >= 4 is 11.8 Å². The predicted octanol–water partition coefficient (Wildman–Crippen LogP) is 5.95. The molecular formula is C26H34O6. The number of hydrogen-bond donors (Lipinski definition) is 2. The molecule has 0 radical (unpaired) electrons. The maximum Gasteiger partial charge on any atom is 0.336 e. The van der Waals surface area contributed by atoms with E-state index in [9.17, 15) is 19.8 Å². The molecule has 0 aliphatic carbocycles. The molecule has 0 amide bonds. The van der Waals surface area contributed by atoms with Crippen LogP contribution in [0.3, 0.4) is 0 Å². The van der Waals surface area contributed by atoms with Crippen LogP contribution < -0.4 is 9.47 Å². The van der Waals surface area contributed by atoms with E-state index in [1.54, 1.807) is 44.2 Å². The Kier molecular flexibility index (Phi) is 8.70. The smallest absolute Gasteiger partial charge is 0.336 e. The topological polar surface area (TPSA) is 93.1 Å². The van der Waals surface area contributed by atoms with Crippen LogP contribution in [0.1, 0.15) is 78.3 Å². The fraction of sp³-hybridized carbons (Fsp3) is 0.462. The summed E-state index contributed by atoms with van der Waals surface area (Å²) < 4.78 is 11.7. The summed E-state index contributed by atoms with van der Waals surface area (Å²) in [7, 11) is 0. The third kappa shape index (κ3) is 6.49. The van der Waals surface area contributed by atoms with E-state index in [4.69, 9.17) is 9.47 Å². The molecule has 0 spiro atoms. The van der Waals surface area contributed by atoms with Gasteiger partial charge in [-0.15, -0.1) is 0 Å². The van der Waals surface area contributed by atoms with E-state index in [2.05, 4.69) is 13.8 Å². The number of Topliss-reactive ketones (excluding diaryl/α,β-unsaturated/α-hetero) is 1. The maximum atomic E-state index is 12.1. The van der Waals surface area contributed by atoms with Crippen molar-refractivity contribution in [3.05, 3.63) is 52.6 Å².